The zero-order chi connectivity index (χ0) is 22.3. The highest BCUT2D eigenvalue weighted by Crippen LogP contribution is 2.25. The maximum Gasteiger partial charge on any atom is 0.332 e. The molecule has 0 saturated heterocycles. The summed E-state index contributed by atoms with van der Waals surface area (Å²) < 4.78 is 3.86. The Balaban J connectivity index is 1.92. The molecule has 4 rings (SSSR count). The molecule has 0 aliphatic rings. The zero-order valence-electron chi connectivity index (χ0n) is 17.8. The number of anilines is 1. The summed E-state index contributed by atoms with van der Waals surface area (Å²) in [7, 11) is 2.96. The summed E-state index contributed by atoms with van der Waals surface area (Å²) in [6, 6.07) is 14.2. The van der Waals surface area contributed by atoms with Crippen molar-refractivity contribution in [2.24, 2.45) is 14.1 Å². The van der Waals surface area contributed by atoms with Gasteiger partial charge >= 0.3 is 5.69 Å². The van der Waals surface area contributed by atoms with E-state index >= 15 is 0 Å². The second-order valence-electron chi connectivity index (χ2n) is 7.65. The highest BCUT2D eigenvalue weighted by atomic mass is 16.2. The Labute approximate surface area is 178 Å². The number of nitrogens with zero attached hydrogens (tertiary/aromatic N) is 4. The summed E-state index contributed by atoms with van der Waals surface area (Å²) in [4.78, 5) is 43.1. The van der Waals surface area contributed by atoms with Gasteiger partial charge in [-0.25, -0.2) is 9.78 Å². The lowest BCUT2D eigenvalue weighted by molar-refractivity contribution is -0.118. The van der Waals surface area contributed by atoms with Crippen molar-refractivity contribution in [2.45, 2.75) is 19.9 Å². The molecule has 2 heterocycles. The van der Waals surface area contributed by atoms with Gasteiger partial charge in [0, 0.05) is 19.8 Å². The van der Waals surface area contributed by atoms with E-state index in [0.717, 1.165) is 15.7 Å². The van der Waals surface area contributed by atoms with E-state index in [9.17, 15) is 14.4 Å². The van der Waals surface area contributed by atoms with Crippen LogP contribution in [0.3, 0.4) is 0 Å². The van der Waals surface area contributed by atoms with Crippen LogP contribution in [-0.2, 0) is 18.9 Å². The fourth-order valence-corrected chi connectivity index (χ4v) is 3.71. The molecule has 8 nitrogen and oxygen atoms in total. The van der Waals surface area contributed by atoms with Gasteiger partial charge < -0.3 is 9.88 Å². The monoisotopic (exact) mass is 417 g/mol. The third kappa shape index (κ3) is 3.46. The number of hydrogen-bond donors (Lipinski definition) is 1. The minimum atomic E-state index is -0.851. The Morgan fingerprint density at radius 2 is 1.71 bits per heavy atom. The van der Waals surface area contributed by atoms with Gasteiger partial charge in [-0.2, -0.15) is 0 Å². The van der Waals surface area contributed by atoms with Crippen LogP contribution in [0.4, 0.5) is 5.69 Å². The molecule has 8 heteroatoms. The Morgan fingerprint density at radius 1 is 1.00 bits per heavy atom. The summed E-state index contributed by atoms with van der Waals surface area (Å²) in [5.41, 5.74) is 2.79. The van der Waals surface area contributed by atoms with Crippen molar-refractivity contribution >= 4 is 22.8 Å². The smallest absolute Gasteiger partial charge is 0.324 e. The van der Waals surface area contributed by atoms with Gasteiger partial charge in [0.1, 0.15) is 6.04 Å². The van der Waals surface area contributed by atoms with Gasteiger partial charge in [0.15, 0.2) is 11.2 Å². The number of benzene rings is 2. The van der Waals surface area contributed by atoms with Crippen molar-refractivity contribution in [3.8, 4) is 0 Å². The van der Waals surface area contributed by atoms with Crippen molar-refractivity contribution in [3.63, 3.8) is 0 Å². The fourth-order valence-electron chi connectivity index (χ4n) is 3.71. The predicted molar refractivity (Wildman–Crippen MR) is 119 cm³/mol. The number of amides is 1. The molecule has 4 aromatic rings. The minimum Gasteiger partial charge on any atom is -0.324 e. The van der Waals surface area contributed by atoms with E-state index in [1.165, 1.54) is 22.5 Å². The van der Waals surface area contributed by atoms with E-state index in [2.05, 4.69) is 10.3 Å². The van der Waals surface area contributed by atoms with Gasteiger partial charge in [-0.1, -0.05) is 42.5 Å². The number of fused-ring (bicyclic) bond motifs is 1. The number of rotatable bonds is 4. The summed E-state index contributed by atoms with van der Waals surface area (Å²) >= 11 is 0. The standard InChI is InChI=1S/C23H23N5O3/c1-14-10-11-15(2)17(12-14)25-21(29)18(16-8-6-5-7-9-16)28-13-24-20-19(28)22(30)27(4)23(31)26(20)3/h5-13,18H,1-4H3,(H,25,29). The SMILES string of the molecule is Cc1ccc(C)c(NC(=O)C(c2ccccc2)n2cnc3c2c(=O)n(C)c(=O)n3C)c1. The van der Waals surface area contributed by atoms with Crippen LogP contribution in [0.5, 0.6) is 0 Å². The molecule has 1 amide bonds. The second-order valence-corrected chi connectivity index (χ2v) is 7.65. The van der Waals surface area contributed by atoms with E-state index in [0.29, 0.717) is 11.3 Å². The number of imidazole rings is 1. The highest BCUT2D eigenvalue weighted by Gasteiger charge is 2.27. The maximum absolute atomic E-state index is 13.5. The lowest BCUT2D eigenvalue weighted by atomic mass is 10.0. The normalized spacial score (nSPS) is 12.1. The third-order valence-electron chi connectivity index (χ3n) is 5.47. The van der Waals surface area contributed by atoms with Crippen LogP contribution < -0.4 is 16.6 Å². The van der Waals surface area contributed by atoms with Crippen LogP contribution in [0.25, 0.3) is 11.2 Å². The van der Waals surface area contributed by atoms with Crippen LogP contribution in [0, 0.1) is 13.8 Å². The quantitative estimate of drug-likeness (QED) is 0.552. The third-order valence-corrected chi connectivity index (χ3v) is 5.47. The van der Waals surface area contributed by atoms with Crippen molar-refractivity contribution in [2.75, 3.05) is 5.32 Å². The summed E-state index contributed by atoms with van der Waals surface area (Å²) in [5, 5.41) is 3.00. The lowest BCUT2D eigenvalue weighted by Crippen LogP contribution is -2.38. The number of carbonyl (C=O) groups excluding carboxylic acids is 1. The summed E-state index contributed by atoms with van der Waals surface area (Å²) in [6.45, 7) is 3.88. The largest absolute Gasteiger partial charge is 0.332 e. The molecular weight excluding hydrogens is 394 g/mol. The van der Waals surface area contributed by atoms with E-state index in [1.54, 1.807) is 7.05 Å². The van der Waals surface area contributed by atoms with Gasteiger partial charge in [-0.3, -0.25) is 18.7 Å². The fraction of sp³-hybridized carbons (Fsp3) is 0.217. The van der Waals surface area contributed by atoms with E-state index in [1.807, 2.05) is 62.4 Å². The molecular formula is C23H23N5O3. The Kier molecular flexibility index (Phi) is 5.06. The van der Waals surface area contributed by atoms with Gasteiger partial charge in [-0.05, 0) is 36.6 Å². The molecule has 0 bridgehead atoms. The maximum atomic E-state index is 13.5. The van der Waals surface area contributed by atoms with Gasteiger partial charge in [0.05, 0.1) is 6.33 Å². The molecule has 31 heavy (non-hydrogen) atoms. The van der Waals surface area contributed by atoms with E-state index in [4.69, 9.17) is 0 Å². The number of carbonyl (C=O) groups is 1. The first-order valence-electron chi connectivity index (χ1n) is 9.85. The molecule has 1 N–H and O–H groups in total. The van der Waals surface area contributed by atoms with E-state index < -0.39 is 17.3 Å². The Morgan fingerprint density at radius 3 is 2.42 bits per heavy atom. The van der Waals surface area contributed by atoms with Crippen LogP contribution in [-0.4, -0.2) is 24.6 Å². The van der Waals surface area contributed by atoms with E-state index in [-0.39, 0.29) is 17.1 Å². The molecule has 0 spiro atoms. The molecule has 0 saturated carbocycles. The first-order chi connectivity index (χ1) is 14.8. The average molecular weight is 417 g/mol. The number of hydrogen-bond acceptors (Lipinski definition) is 4. The highest BCUT2D eigenvalue weighted by molar-refractivity contribution is 5.97. The number of aryl methyl sites for hydroxylation is 3. The molecule has 0 aliphatic heterocycles. The van der Waals surface area contributed by atoms with Gasteiger partial charge in [0.25, 0.3) is 11.5 Å². The first-order valence-corrected chi connectivity index (χ1v) is 9.85. The average Bonchev–Trinajstić information content (AvgIpc) is 3.19. The molecule has 1 unspecified atom stereocenters. The Hall–Kier alpha value is -3.94. The van der Waals surface area contributed by atoms with Gasteiger partial charge in [-0.15, -0.1) is 0 Å². The van der Waals surface area contributed by atoms with Gasteiger partial charge in [0.2, 0.25) is 0 Å². The van der Waals surface area contributed by atoms with Crippen LogP contribution in [0.15, 0.2) is 64.4 Å². The molecule has 158 valence electrons. The molecule has 0 radical (unpaired) electrons. The number of aromatic nitrogens is 4. The lowest BCUT2D eigenvalue weighted by Gasteiger charge is -2.20. The molecule has 2 aromatic heterocycles. The summed E-state index contributed by atoms with van der Waals surface area (Å²) in [5.74, 6) is -0.310. The molecule has 2 aromatic carbocycles. The molecule has 1 atom stereocenters. The van der Waals surface area contributed by atoms with Crippen molar-refractivity contribution in [1.82, 2.24) is 18.7 Å². The van der Waals surface area contributed by atoms with Crippen LogP contribution >= 0.6 is 0 Å². The molecule has 0 fully saturated rings. The number of nitrogens with one attached hydrogen (secondary N) is 1. The van der Waals surface area contributed by atoms with Crippen LogP contribution in [0.2, 0.25) is 0 Å². The van der Waals surface area contributed by atoms with Crippen molar-refractivity contribution in [1.29, 1.82) is 0 Å². The minimum absolute atomic E-state index is 0.189. The first kappa shape index (κ1) is 20.3. The second kappa shape index (κ2) is 7.71. The van der Waals surface area contributed by atoms with Crippen molar-refractivity contribution in [3.05, 3.63) is 92.4 Å². The predicted octanol–water partition coefficient (Wildman–Crippen LogP) is 2.28. The zero-order valence-corrected chi connectivity index (χ0v) is 17.8. The topological polar surface area (TPSA) is 90.9 Å². The van der Waals surface area contributed by atoms with Crippen molar-refractivity contribution < 1.29 is 4.79 Å². The molecule has 0 aliphatic carbocycles. The van der Waals surface area contributed by atoms with Crippen LogP contribution in [0.1, 0.15) is 22.7 Å². The Bertz CT molecular complexity index is 1410. The summed E-state index contributed by atoms with van der Waals surface area (Å²) in [6.07, 6.45) is 1.44.